The smallest absolute Gasteiger partial charge is 0.120 e. The van der Waals surface area contributed by atoms with Crippen molar-refractivity contribution in [1.82, 2.24) is 9.97 Å². The van der Waals surface area contributed by atoms with Gasteiger partial charge in [0.05, 0.1) is 8.32 Å². The summed E-state index contributed by atoms with van der Waals surface area (Å²) in [6, 6.07) is 29.2. The number of aryl methyl sites for hydroxylation is 1. The quantitative estimate of drug-likeness (QED) is 0.174. The van der Waals surface area contributed by atoms with E-state index >= 15 is 0 Å². The third kappa shape index (κ3) is 6.03. The molecule has 197 valence electrons. The van der Waals surface area contributed by atoms with Crippen molar-refractivity contribution in [2.45, 2.75) is 44.9 Å². The third-order valence-corrected chi connectivity index (χ3v) is 7.06. The summed E-state index contributed by atoms with van der Waals surface area (Å²) < 4.78 is 44.5. The zero-order valence-corrected chi connectivity index (χ0v) is 23.7. The van der Waals surface area contributed by atoms with E-state index in [4.69, 9.17) is 11.3 Å². The summed E-state index contributed by atoms with van der Waals surface area (Å²) in [6.45, 7) is -2.48. The van der Waals surface area contributed by atoms with Gasteiger partial charge in [-0.05, 0) is 54.2 Å². The average Bonchev–Trinajstić information content (AvgIpc) is 3.42. The molecule has 1 aliphatic rings. The van der Waals surface area contributed by atoms with Crippen LogP contribution in [0.15, 0.2) is 102 Å². The normalized spacial score (nSPS) is 15.6. The Labute approximate surface area is 250 Å². The molecule has 39 heavy (non-hydrogen) atoms. The van der Waals surface area contributed by atoms with Crippen LogP contribution in [-0.4, -0.2) is 9.97 Å². The van der Waals surface area contributed by atoms with Crippen LogP contribution < -0.4 is 0 Å². The zero-order chi connectivity index (χ0) is 30.0. The first-order chi connectivity index (χ1) is 20.8. The fourth-order valence-electron chi connectivity index (χ4n) is 5.11. The minimum Gasteiger partial charge on any atom is -0.501 e. The molecule has 0 unspecified atom stereocenters. The largest absolute Gasteiger partial charge is 0.501 e. The van der Waals surface area contributed by atoms with Crippen LogP contribution in [0.2, 0.25) is 0 Å². The second-order valence-electron chi connectivity index (χ2n) is 9.55. The molecule has 3 heterocycles. The average molecular weight is 692 g/mol. The van der Waals surface area contributed by atoms with E-state index in [1.807, 2.05) is 48.5 Å². The molecule has 6 aromatic rings. The first kappa shape index (κ1) is 21.3. The first-order valence-electron chi connectivity index (χ1n) is 15.5. The molecule has 1 saturated carbocycles. The van der Waals surface area contributed by atoms with E-state index in [2.05, 4.69) is 46.5 Å². The molecule has 0 saturated heterocycles. The van der Waals surface area contributed by atoms with Crippen molar-refractivity contribution in [1.29, 1.82) is 0 Å². The van der Waals surface area contributed by atoms with Crippen LogP contribution in [0.3, 0.4) is 0 Å². The molecular weight excluding hydrogens is 657 g/mol. The van der Waals surface area contributed by atoms with E-state index in [1.54, 1.807) is 6.07 Å². The van der Waals surface area contributed by atoms with Gasteiger partial charge in [-0.25, -0.2) is 0 Å². The summed E-state index contributed by atoms with van der Waals surface area (Å²) in [5.74, 6) is 0.736. The molecule has 1 fully saturated rings. The van der Waals surface area contributed by atoms with Crippen LogP contribution in [-0.2, 0) is 20.1 Å². The fourth-order valence-corrected chi connectivity index (χ4v) is 5.11. The SMILES string of the molecule is [2H]c1c(C([2H])([2H])[2H])cnc(-c2[c-]ccc3c2oc2ccccc23)c1[2H].[Ir].[c-]1ccccc1-c1ccc(C2CCCCC2)cn1. The number of para-hydroxylation sites is 1. The van der Waals surface area contributed by atoms with Crippen molar-refractivity contribution in [3.63, 3.8) is 0 Å². The summed E-state index contributed by atoms with van der Waals surface area (Å²) in [7, 11) is 0. The Morgan fingerprint density at radius 1 is 0.821 bits per heavy atom. The molecule has 3 aromatic carbocycles. The summed E-state index contributed by atoms with van der Waals surface area (Å²) in [6.07, 6.45) is 10.0. The van der Waals surface area contributed by atoms with E-state index in [9.17, 15) is 0 Å². The Hall–Kier alpha value is -3.59. The number of hydrogen-bond acceptors (Lipinski definition) is 3. The minimum atomic E-state index is -2.48. The molecule has 0 spiro atoms. The van der Waals surface area contributed by atoms with Gasteiger partial charge in [-0.3, -0.25) is 0 Å². The molecule has 0 aliphatic heterocycles. The molecule has 0 N–H and O–H groups in total. The molecule has 1 aliphatic carbocycles. The molecule has 4 heteroatoms. The Bertz CT molecular complexity index is 1860. The van der Waals surface area contributed by atoms with Crippen LogP contribution in [0, 0.1) is 19.0 Å². The zero-order valence-electron chi connectivity index (χ0n) is 26.3. The van der Waals surface area contributed by atoms with Crippen LogP contribution in [0.25, 0.3) is 44.5 Å². The number of nitrogens with zero attached hydrogens (tertiary/aromatic N) is 2. The maximum absolute atomic E-state index is 8.20. The molecule has 3 aromatic heterocycles. The Morgan fingerprint density at radius 3 is 2.46 bits per heavy atom. The van der Waals surface area contributed by atoms with Crippen molar-refractivity contribution < 1.29 is 31.4 Å². The van der Waals surface area contributed by atoms with Gasteiger partial charge in [0.25, 0.3) is 0 Å². The van der Waals surface area contributed by atoms with Gasteiger partial charge >= 0.3 is 0 Å². The predicted molar refractivity (Wildman–Crippen MR) is 155 cm³/mol. The first-order valence-corrected chi connectivity index (χ1v) is 13.0. The number of benzene rings is 3. The minimum absolute atomic E-state index is 0. The van der Waals surface area contributed by atoms with Crippen molar-refractivity contribution in [3.8, 4) is 22.5 Å². The Balaban J connectivity index is 0.000000179. The summed E-state index contributed by atoms with van der Waals surface area (Å²) >= 11 is 0. The van der Waals surface area contributed by atoms with Gasteiger partial charge in [0.2, 0.25) is 0 Å². The molecule has 0 amide bonds. The standard InChI is InChI=1S/C18H12NO.C17H18N.Ir/c1-12-9-10-16(19-11-12)15-7-4-6-14-13-5-2-3-8-17(13)20-18(14)15;1-3-7-14(8-4-1)16-11-12-17(18-13-16)15-9-5-2-6-10-15;/h2-6,8-11H,1H3;2,5-6,9,11-14H,1,3-4,7-8H2;/q2*-1;/i1D3,9D,10D;;. The second kappa shape index (κ2) is 12.5. The van der Waals surface area contributed by atoms with Crippen molar-refractivity contribution in [2.75, 3.05) is 0 Å². The van der Waals surface area contributed by atoms with Gasteiger partial charge in [-0.15, -0.1) is 54.1 Å². The molecule has 7 rings (SSSR count). The monoisotopic (exact) mass is 692 g/mol. The third-order valence-electron chi connectivity index (χ3n) is 7.06. The van der Waals surface area contributed by atoms with Crippen LogP contribution >= 0.6 is 0 Å². The molecular formula is C35H30IrN2O-2. The Morgan fingerprint density at radius 2 is 1.67 bits per heavy atom. The maximum Gasteiger partial charge on any atom is 0.120 e. The number of rotatable bonds is 3. The van der Waals surface area contributed by atoms with Crippen LogP contribution in [0.5, 0.6) is 0 Å². The van der Waals surface area contributed by atoms with Crippen LogP contribution in [0.4, 0.5) is 0 Å². The van der Waals surface area contributed by atoms with E-state index in [0.717, 1.165) is 34.1 Å². The molecule has 3 nitrogen and oxygen atoms in total. The van der Waals surface area contributed by atoms with Crippen molar-refractivity contribution in [2.24, 2.45) is 0 Å². The van der Waals surface area contributed by atoms with Crippen molar-refractivity contribution >= 4 is 21.9 Å². The summed E-state index contributed by atoms with van der Waals surface area (Å²) in [4.78, 5) is 8.73. The van der Waals surface area contributed by atoms with Gasteiger partial charge in [-0.2, -0.15) is 0 Å². The number of hydrogen-bond donors (Lipinski definition) is 0. The van der Waals surface area contributed by atoms with Gasteiger partial charge in [0, 0.05) is 42.0 Å². The van der Waals surface area contributed by atoms with E-state index in [0.29, 0.717) is 16.7 Å². The van der Waals surface area contributed by atoms with Gasteiger partial charge in [0.15, 0.2) is 0 Å². The molecule has 0 bridgehead atoms. The van der Waals surface area contributed by atoms with Gasteiger partial charge in [0.1, 0.15) is 5.58 Å². The van der Waals surface area contributed by atoms with Gasteiger partial charge in [-0.1, -0.05) is 72.6 Å². The molecule has 1 radical (unpaired) electrons. The summed E-state index contributed by atoms with van der Waals surface area (Å²) in [5.41, 5.74) is 5.13. The maximum atomic E-state index is 8.20. The Kier molecular flexibility index (Phi) is 6.82. The van der Waals surface area contributed by atoms with E-state index < -0.39 is 6.85 Å². The van der Waals surface area contributed by atoms with Gasteiger partial charge < -0.3 is 14.4 Å². The molecule has 0 atom stereocenters. The number of aromatic nitrogens is 2. The predicted octanol–water partition coefficient (Wildman–Crippen LogP) is 9.35. The summed E-state index contributed by atoms with van der Waals surface area (Å²) in [5, 5.41) is 1.79. The van der Waals surface area contributed by atoms with E-state index in [-0.39, 0.29) is 43.4 Å². The number of fused-ring (bicyclic) bond motifs is 3. The number of pyridine rings is 2. The van der Waals surface area contributed by atoms with Crippen molar-refractivity contribution in [3.05, 3.63) is 121 Å². The number of furan rings is 1. The second-order valence-corrected chi connectivity index (χ2v) is 9.55. The van der Waals surface area contributed by atoms with Crippen LogP contribution in [0.1, 0.15) is 56.0 Å². The topological polar surface area (TPSA) is 38.9 Å². The fraction of sp³-hybridized carbons (Fsp3) is 0.200. The van der Waals surface area contributed by atoms with E-state index in [1.165, 1.54) is 37.7 Å².